The quantitative estimate of drug-likeness (QED) is 0.811. The predicted molar refractivity (Wildman–Crippen MR) is 65.5 cm³/mol. The molecule has 0 radical (unpaired) electrons. The summed E-state index contributed by atoms with van der Waals surface area (Å²) < 4.78 is 13.7. The number of aromatic nitrogens is 3. The van der Waals surface area contributed by atoms with Crippen molar-refractivity contribution >= 4 is 5.69 Å². The van der Waals surface area contributed by atoms with Gasteiger partial charge in [-0.3, -0.25) is 4.98 Å². The minimum atomic E-state index is -0.297. The largest absolute Gasteiger partial charge is 0.359 e. The number of pyridine rings is 1. The highest BCUT2D eigenvalue weighted by molar-refractivity contribution is 5.50. The second kappa shape index (κ2) is 4.33. The Morgan fingerprint density at radius 2 is 2.22 bits per heavy atom. The van der Waals surface area contributed by atoms with Gasteiger partial charge in [-0.25, -0.2) is 14.4 Å². The van der Waals surface area contributed by atoms with Gasteiger partial charge in [0.15, 0.2) is 5.82 Å². The molecule has 1 aliphatic rings. The monoisotopic (exact) mass is 244 g/mol. The Labute approximate surface area is 105 Å². The molecule has 0 amide bonds. The fraction of sp³-hybridized carbons (Fsp3) is 0.308. The Kier molecular flexibility index (Phi) is 2.66. The van der Waals surface area contributed by atoms with Crippen molar-refractivity contribution in [3.63, 3.8) is 0 Å². The molecule has 0 spiro atoms. The molecule has 4 nitrogen and oxygen atoms in total. The first-order chi connectivity index (χ1) is 8.78. The highest BCUT2D eigenvalue weighted by Gasteiger charge is 2.23. The summed E-state index contributed by atoms with van der Waals surface area (Å²) in [7, 11) is 0. The predicted octanol–water partition coefficient (Wildman–Crippen LogP) is 2.09. The Morgan fingerprint density at radius 1 is 1.33 bits per heavy atom. The van der Waals surface area contributed by atoms with E-state index in [1.54, 1.807) is 12.3 Å². The number of hydrogen-bond donors (Lipinski definition) is 0. The Balaban J connectivity index is 1.91. The van der Waals surface area contributed by atoms with Gasteiger partial charge in [0.1, 0.15) is 5.82 Å². The first-order valence-corrected chi connectivity index (χ1v) is 5.96. The summed E-state index contributed by atoms with van der Waals surface area (Å²) in [4.78, 5) is 14.5. The Bertz CT molecular complexity index is 585. The van der Waals surface area contributed by atoms with E-state index in [0.717, 1.165) is 23.5 Å². The number of aryl methyl sites for hydroxylation is 1. The lowest BCUT2D eigenvalue weighted by Crippen LogP contribution is -2.16. The Hall–Kier alpha value is -2.04. The maximum Gasteiger partial charge on any atom is 0.164 e. The van der Waals surface area contributed by atoms with Crippen LogP contribution in [0.1, 0.15) is 24.0 Å². The van der Waals surface area contributed by atoms with Crippen LogP contribution in [-0.4, -0.2) is 15.0 Å². The first kappa shape index (κ1) is 11.1. The van der Waals surface area contributed by atoms with Crippen LogP contribution in [0.2, 0.25) is 0 Å². The maximum atomic E-state index is 13.7. The Morgan fingerprint density at radius 3 is 3.00 bits per heavy atom. The molecule has 2 aromatic rings. The molecule has 1 aliphatic heterocycles. The number of nitrogens with zero attached hydrogens (tertiary/aromatic N) is 4. The molecule has 0 fully saturated rings. The van der Waals surface area contributed by atoms with Crippen LogP contribution in [-0.2, 0) is 19.5 Å². The topological polar surface area (TPSA) is 41.9 Å². The van der Waals surface area contributed by atoms with Gasteiger partial charge in [-0.15, -0.1) is 0 Å². The second-order valence-electron chi connectivity index (χ2n) is 4.29. The van der Waals surface area contributed by atoms with Gasteiger partial charge in [-0.1, -0.05) is 6.92 Å². The van der Waals surface area contributed by atoms with E-state index in [2.05, 4.69) is 15.0 Å². The molecule has 0 atom stereocenters. The second-order valence-corrected chi connectivity index (χ2v) is 4.29. The zero-order valence-electron chi connectivity index (χ0n) is 10.1. The van der Waals surface area contributed by atoms with E-state index in [9.17, 15) is 4.39 Å². The normalized spacial score (nSPS) is 13.8. The third kappa shape index (κ3) is 1.81. The van der Waals surface area contributed by atoms with Crippen LogP contribution >= 0.6 is 0 Å². The van der Waals surface area contributed by atoms with E-state index in [-0.39, 0.29) is 5.82 Å². The van der Waals surface area contributed by atoms with Crippen LogP contribution < -0.4 is 4.90 Å². The number of anilines is 1. The van der Waals surface area contributed by atoms with Crippen LogP contribution in [0.15, 0.2) is 24.7 Å². The lowest BCUT2D eigenvalue weighted by molar-refractivity contribution is 0.613. The molecular weight excluding hydrogens is 231 g/mol. The zero-order valence-corrected chi connectivity index (χ0v) is 10.1. The minimum absolute atomic E-state index is 0.297. The van der Waals surface area contributed by atoms with Crippen molar-refractivity contribution in [2.75, 3.05) is 4.90 Å². The van der Waals surface area contributed by atoms with Gasteiger partial charge < -0.3 is 4.90 Å². The fourth-order valence-electron chi connectivity index (χ4n) is 2.16. The van der Waals surface area contributed by atoms with E-state index in [1.807, 2.05) is 18.0 Å². The molecule has 3 heterocycles. The lowest BCUT2D eigenvalue weighted by atomic mass is 10.3. The van der Waals surface area contributed by atoms with Gasteiger partial charge in [0, 0.05) is 30.9 Å². The SMILES string of the molecule is CCc1ncc2c(n1)CN(c1ccncc1F)C2. The van der Waals surface area contributed by atoms with Gasteiger partial charge in [0.25, 0.3) is 0 Å². The fourth-order valence-corrected chi connectivity index (χ4v) is 2.16. The summed E-state index contributed by atoms with van der Waals surface area (Å²) in [6.45, 7) is 3.31. The van der Waals surface area contributed by atoms with Crippen LogP contribution in [0.5, 0.6) is 0 Å². The van der Waals surface area contributed by atoms with Crippen molar-refractivity contribution in [2.45, 2.75) is 26.4 Å². The van der Waals surface area contributed by atoms with E-state index in [4.69, 9.17) is 0 Å². The van der Waals surface area contributed by atoms with Crippen molar-refractivity contribution in [2.24, 2.45) is 0 Å². The average Bonchev–Trinajstić information content (AvgIpc) is 2.81. The molecule has 18 heavy (non-hydrogen) atoms. The van der Waals surface area contributed by atoms with Gasteiger partial charge in [0.05, 0.1) is 24.1 Å². The van der Waals surface area contributed by atoms with Crippen molar-refractivity contribution in [3.8, 4) is 0 Å². The number of halogens is 1. The minimum Gasteiger partial charge on any atom is -0.359 e. The maximum absolute atomic E-state index is 13.7. The molecule has 3 rings (SSSR count). The third-order valence-electron chi connectivity index (χ3n) is 3.11. The van der Waals surface area contributed by atoms with Gasteiger partial charge in [0.2, 0.25) is 0 Å². The molecule has 0 aliphatic carbocycles. The lowest BCUT2D eigenvalue weighted by Gasteiger charge is -2.17. The van der Waals surface area contributed by atoms with E-state index >= 15 is 0 Å². The number of rotatable bonds is 2. The molecule has 92 valence electrons. The highest BCUT2D eigenvalue weighted by Crippen LogP contribution is 2.28. The summed E-state index contributed by atoms with van der Waals surface area (Å²) in [6, 6.07) is 1.69. The average molecular weight is 244 g/mol. The van der Waals surface area contributed by atoms with Crippen LogP contribution in [0.3, 0.4) is 0 Å². The van der Waals surface area contributed by atoms with Crippen molar-refractivity contribution < 1.29 is 4.39 Å². The molecule has 0 saturated heterocycles. The molecule has 5 heteroatoms. The summed E-state index contributed by atoms with van der Waals surface area (Å²) in [5, 5.41) is 0. The summed E-state index contributed by atoms with van der Waals surface area (Å²) in [5.41, 5.74) is 2.64. The summed E-state index contributed by atoms with van der Waals surface area (Å²) in [6.07, 6.45) is 5.50. The summed E-state index contributed by atoms with van der Waals surface area (Å²) >= 11 is 0. The highest BCUT2D eigenvalue weighted by atomic mass is 19.1. The van der Waals surface area contributed by atoms with E-state index in [0.29, 0.717) is 18.8 Å². The van der Waals surface area contributed by atoms with Crippen LogP contribution in [0.25, 0.3) is 0 Å². The summed E-state index contributed by atoms with van der Waals surface area (Å²) in [5.74, 6) is 0.541. The molecule has 0 N–H and O–H groups in total. The number of hydrogen-bond acceptors (Lipinski definition) is 4. The molecule has 0 unspecified atom stereocenters. The smallest absolute Gasteiger partial charge is 0.164 e. The van der Waals surface area contributed by atoms with Crippen molar-refractivity contribution in [1.29, 1.82) is 0 Å². The van der Waals surface area contributed by atoms with Gasteiger partial charge >= 0.3 is 0 Å². The van der Waals surface area contributed by atoms with E-state index < -0.39 is 0 Å². The third-order valence-corrected chi connectivity index (χ3v) is 3.11. The first-order valence-electron chi connectivity index (χ1n) is 5.96. The molecule has 0 saturated carbocycles. The zero-order chi connectivity index (χ0) is 12.5. The van der Waals surface area contributed by atoms with Crippen LogP contribution in [0.4, 0.5) is 10.1 Å². The van der Waals surface area contributed by atoms with Crippen LogP contribution in [0, 0.1) is 5.82 Å². The van der Waals surface area contributed by atoms with Crippen molar-refractivity contribution in [1.82, 2.24) is 15.0 Å². The standard InChI is InChI=1S/C13H13FN4/c1-2-13-16-5-9-7-18(8-11(9)17-13)12-3-4-15-6-10(12)14/h3-6H,2,7-8H2,1H3. The van der Waals surface area contributed by atoms with Crippen molar-refractivity contribution in [3.05, 3.63) is 47.6 Å². The molecule has 2 aromatic heterocycles. The van der Waals surface area contributed by atoms with E-state index in [1.165, 1.54) is 6.20 Å². The van der Waals surface area contributed by atoms with Gasteiger partial charge in [-0.2, -0.15) is 0 Å². The molecule has 0 aromatic carbocycles. The number of fused-ring (bicyclic) bond motifs is 1. The van der Waals surface area contributed by atoms with Gasteiger partial charge in [-0.05, 0) is 6.07 Å². The molecular formula is C13H13FN4. The molecule has 0 bridgehead atoms.